The number of aromatic amines is 1. The lowest BCUT2D eigenvalue weighted by Crippen LogP contribution is -2.31. The fourth-order valence-electron chi connectivity index (χ4n) is 3.47. The molecule has 130 valence electrons. The van der Waals surface area contributed by atoms with Crippen LogP contribution in [0.25, 0.3) is 11.3 Å². The van der Waals surface area contributed by atoms with Crippen LogP contribution in [0.15, 0.2) is 36.5 Å². The molecular formula is C20H16F2N4. The molecule has 26 heavy (non-hydrogen) atoms. The normalized spacial score (nSPS) is 13.4. The standard InChI is InChI=1S/C20H16F2N4/c1-12-7-13(9-23)10-24-20(12)26-6-5-17-14(11-26)8-18(25-17)19-15(21)3-2-4-16(19)22/h2-4,7-8,10,25H,5-6,11H2,1H3. The number of anilines is 1. The lowest BCUT2D eigenvalue weighted by molar-refractivity contribution is 0.589. The molecule has 4 rings (SSSR count). The van der Waals surface area contributed by atoms with Gasteiger partial charge in [-0.1, -0.05) is 6.07 Å². The van der Waals surface area contributed by atoms with Crippen LogP contribution in [0, 0.1) is 29.9 Å². The summed E-state index contributed by atoms with van der Waals surface area (Å²) >= 11 is 0. The maximum atomic E-state index is 14.1. The molecule has 3 heterocycles. The predicted octanol–water partition coefficient (Wildman–Crippen LogP) is 4.10. The van der Waals surface area contributed by atoms with E-state index < -0.39 is 11.6 Å². The summed E-state index contributed by atoms with van der Waals surface area (Å²) in [6.45, 7) is 3.27. The van der Waals surface area contributed by atoms with Crippen LogP contribution in [0.2, 0.25) is 0 Å². The van der Waals surface area contributed by atoms with Crippen molar-refractivity contribution in [2.45, 2.75) is 19.9 Å². The van der Waals surface area contributed by atoms with Crippen molar-refractivity contribution in [3.63, 3.8) is 0 Å². The second-order valence-electron chi connectivity index (χ2n) is 6.43. The number of fused-ring (bicyclic) bond motifs is 1. The van der Waals surface area contributed by atoms with Gasteiger partial charge >= 0.3 is 0 Å². The molecular weight excluding hydrogens is 334 g/mol. The zero-order valence-corrected chi connectivity index (χ0v) is 14.2. The Kier molecular flexibility index (Phi) is 3.92. The first kappa shape index (κ1) is 16.3. The molecule has 0 spiro atoms. The Labute approximate surface area is 149 Å². The molecule has 1 aliphatic rings. The van der Waals surface area contributed by atoms with Gasteiger partial charge in [-0.25, -0.2) is 13.8 Å². The molecule has 0 saturated carbocycles. The minimum atomic E-state index is -0.579. The molecule has 0 amide bonds. The number of nitrogens with one attached hydrogen (secondary N) is 1. The number of pyridine rings is 1. The van der Waals surface area contributed by atoms with Crippen molar-refractivity contribution in [1.29, 1.82) is 5.26 Å². The maximum absolute atomic E-state index is 14.1. The van der Waals surface area contributed by atoms with E-state index in [1.165, 1.54) is 18.2 Å². The fraction of sp³-hybridized carbons (Fsp3) is 0.200. The van der Waals surface area contributed by atoms with Crippen molar-refractivity contribution in [3.05, 3.63) is 70.5 Å². The minimum Gasteiger partial charge on any atom is -0.358 e. The van der Waals surface area contributed by atoms with Gasteiger partial charge in [-0.05, 0) is 42.3 Å². The zero-order valence-electron chi connectivity index (χ0n) is 14.2. The Balaban J connectivity index is 1.66. The summed E-state index contributed by atoms with van der Waals surface area (Å²) in [5.41, 5.74) is 3.88. The van der Waals surface area contributed by atoms with E-state index >= 15 is 0 Å². The first-order chi connectivity index (χ1) is 12.6. The number of benzene rings is 1. The van der Waals surface area contributed by atoms with E-state index in [2.05, 4.69) is 20.9 Å². The van der Waals surface area contributed by atoms with Gasteiger partial charge in [0.05, 0.1) is 16.8 Å². The number of aromatic nitrogens is 2. The molecule has 0 radical (unpaired) electrons. The molecule has 1 aromatic carbocycles. The van der Waals surface area contributed by atoms with Crippen molar-refractivity contribution in [2.75, 3.05) is 11.4 Å². The highest BCUT2D eigenvalue weighted by molar-refractivity contribution is 5.64. The quantitative estimate of drug-likeness (QED) is 0.757. The van der Waals surface area contributed by atoms with Crippen LogP contribution < -0.4 is 4.90 Å². The number of nitrogens with zero attached hydrogens (tertiary/aromatic N) is 3. The lowest BCUT2D eigenvalue weighted by atomic mass is 10.1. The third-order valence-corrected chi connectivity index (χ3v) is 4.70. The molecule has 2 aromatic heterocycles. The molecule has 6 heteroatoms. The second kappa shape index (κ2) is 6.26. The zero-order chi connectivity index (χ0) is 18.3. The summed E-state index contributed by atoms with van der Waals surface area (Å²) in [7, 11) is 0. The van der Waals surface area contributed by atoms with E-state index in [0.717, 1.165) is 35.6 Å². The smallest absolute Gasteiger partial charge is 0.135 e. The highest BCUT2D eigenvalue weighted by Crippen LogP contribution is 2.31. The van der Waals surface area contributed by atoms with Crippen molar-refractivity contribution in [3.8, 4) is 17.3 Å². The van der Waals surface area contributed by atoms with Crippen LogP contribution in [-0.2, 0) is 13.0 Å². The number of nitriles is 1. The summed E-state index contributed by atoms with van der Waals surface area (Å²) in [5.74, 6) is -0.329. The van der Waals surface area contributed by atoms with Crippen molar-refractivity contribution < 1.29 is 8.78 Å². The van der Waals surface area contributed by atoms with E-state index in [9.17, 15) is 8.78 Å². The van der Waals surface area contributed by atoms with E-state index in [1.807, 2.05) is 19.1 Å². The summed E-state index contributed by atoms with van der Waals surface area (Å²) in [6, 6.07) is 9.59. The van der Waals surface area contributed by atoms with Gasteiger partial charge in [0.15, 0.2) is 0 Å². The molecule has 1 N–H and O–H groups in total. The first-order valence-corrected chi connectivity index (χ1v) is 8.33. The van der Waals surface area contributed by atoms with E-state index in [1.54, 1.807) is 6.20 Å². The monoisotopic (exact) mass is 350 g/mol. The van der Waals surface area contributed by atoms with Gasteiger partial charge in [0.2, 0.25) is 0 Å². The molecule has 1 aliphatic heterocycles. The van der Waals surface area contributed by atoms with Crippen LogP contribution in [0.4, 0.5) is 14.6 Å². The highest BCUT2D eigenvalue weighted by Gasteiger charge is 2.23. The number of hydrogen-bond acceptors (Lipinski definition) is 3. The van der Waals surface area contributed by atoms with Crippen LogP contribution in [-0.4, -0.2) is 16.5 Å². The van der Waals surface area contributed by atoms with Crippen molar-refractivity contribution >= 4 is 5.82 Å². The number of H-pyrrole nitrogens is 1. The van der Waals surface area contributed by atoms with E-state index in [-0.39, 0.29) is 5.56 Å². The van der Waals surface area contributed by atoms with Gasteiger partial charge in [0, 0.05) is 31.4 Å². The molecule has 3 aromatic rings. The third kappa shape index (κ3) is 2.72. The molecule has 0 saturated heterocycles. The summed E-state index contributed by atoms with van der Waals surface area (Å²) in [4.78, 5) is 9.70. The minimum absolute atomic E-state index is 0.0267. The van der Waals surface area contributed by atoms with Crippen LogP contribution in [0.5, 0.6) is 0 Å². The predicted molar refractivity (Wildman–Crippen MR) is 94.6 cm³/mol. The van der Waals surface area contributed by atoms with Gasteiger partial charge in [-0.2, -0.15) is 5.26 Å². The van der Waals surface area contributed by atoms with E-state index in [4.69, 9.17) is 5.26 Å². The molecule has 0 aliphatic carbocycles. The maximum Gasteiger partial charge on any atom is 0.135 e. The Morgan fingerprint density at radius 1 is 1.23 bits per heavy atom. The largest absolute Gasteiger partial charge is 0.358 e. The first-order valence-electron chi connectivity index (χ1n) is 8.33. The molecule has 0 fully saturated rings. The van der Waals surface area contributed by atoms with Crippen molar-refractivity contribution in [2.24, 2.45) is 0 Å². The topological polar surface area (TPSA) is 55.7 Å². The van der Waals surface area contributed by atoms with Gasteiger partial charge in [-0.15, -0.1) is 0 Å². The highest BCUT2D eigenvalue weighted by atomic mass is 19.1. The Morgan fingerprint density at radius 2 is 2.00 bits per heavy atom. The molecule has 0 atom stereocenters. The number of rotatable bonds is 2. The van der Waals surface area contributed by atoms with E-state index in [0.29, 0.717) is 17.8 Å². The Hall–Kier alpha value is -3.20. The second-order valence-corrected chi connectivity index (χ2v) is 6.43. The molecule has 4 nitrogen and oxygen atoms in total. The summed E-state index contributed by atoms with van der Waals surface area (Å²) in [5, 5.41) is 8.98. The summed E-state index contributed by atoms with van der Waals surface area (Å²) in [6.07, 6.45) is 2.29. The molecule has 0 unspecified atom stereocenters. The van der Waals surface area contributed by atoms with Gasteiger partial charge in [-0.3, -0.25) is 0 Å². The lowest BCUT2D eigenvalue weighted by Gasteiger charge is -2.29. The fourth-order valence-corrected chi connectivity index (χ4v) is 3.47. The van der Waals surface area contributed by atoms with Gasteiger partial charge in [0.1, 0.15) is 23.5 Å². The number of hydrogen-bond donors (Lipinski definition) is 1. The Bertz CT molecular complexity index is 1010. The summed E-state index contributed by atoms with van der Waals surface area (Å²) < 4.78 is 28.1. The van der Waals surface area contributed by atoms with Gasteiger partial charge in [0.25, 0.3) is 0 Å². The SMILES string of the molecule is Cc1cc(C#N)cnc1N1CCc2[nH]c(-c3c(F)cccc3F)cc2C1. The van der Waals surface area contributed by atoms with Crippen LogP contribution >= 0.6 is 0 Å². The third-order valence-electron chi connectivity index (χ3n) is 4.70. The average Bonchev–Trinajstić information content (AvgIpc) is 3.04. The number of aryl methyl sites for hydroxylation is 1. The van der Waals surface area contributed by atoms with Crippen molar-refractivity contribution in [1.82, 2.24) is 9.97 Å². The van der Waals surface area contributed by atoms with Crippen LogP contribution in [0.3, 0.4) is 0 Å². The molecule has 0 bridgehead atoms. The average molecular weight is 350 g/mol. The van der Waals surface area contributed by atoms with Gasteiger partial charge < -0.3 is 9.88 Å². The number of halogens is 2. The Morgan fingerprint density at radius 3 is 2.69 bits per heavy atom. The van der Waals surface area contributed by atoms with Crippen LogP contribution in [0.1, 0.15) is 22.4 Å².